The van der Waals surface area contributed by atoms with Gasteiger partial charge in [0, 0.05) is 17.1 Å². The maximum atomic E-state index is 9.45. The van der Waals surface area contributed by atoms with Gasteiger partial charge in [0.1, 0.15) is 0 Å². The Balaban J connectivity index is 1.22. The molecular formula is C52H37N. The van der Waals surface area contributed by atoms with Crippen molar-refractivity contribution in [2.24, 2.45) is 0 Å². The smallest absolute Gasteiger partial charge is 0.0645 e. The molecule has 0 unspecified atom stereocenters. The lowest BCUT2D eigenvalue weighted by Crippen LogP contribution is -2.09. The molecular weight excluding hydrogens is 639 g/mol. The average molecular weight is 689 g/mol. The van der Waals surface area contributed by atoms with Crippen LogP contribution in [0, 0.1) is 0 Å². The number of anilines is 3. The zero-order chi connectivity index (χ0) is 46.7. The normalized spacial score (nSPS) is 14.5. The Hall–Kier alpha value is -6.96. The second kappa shape index (κ2) is 14.3. The third-order valence-electron chi connectivity index (χ3n) is 9.11. The van der Waals surface area contributed by atoms with E-state index in [-0.39, 0.29) is 16.9 Å². The van der Waals surface area contributed by atoms with Gasteiger partial charge in [-0.3, -0.25) is 0 Å². The van der Waals surface area contributed by atoms with Crippen LogP contribution in [0.25, 0.3) is 66.4 Å². The van der Waals surface area contributed by atoms with E-state index in [0.717, 1.165) is 44.2 Å². The molecule has 0 saturated heterocycles. The summed E-state index contributed by atoms with van der Waals surface area (Å²) in [6.07, 6.45) is 0. The molecule has 0 aromatic heterocycles. The van der Waals surface area contributed by atoms with Crippen molar-refractivity contribution in [1.29, 1.82) is 0 Å². The van der Waals surface area contributed by atoms with Gasteiger partial charge in [0.05, 0.1) is 17.8 Å². The number of fused-ring (bicyclic) bond motifs is 1. The van der Waals surface area contributed by atoms with Gasteiger partial charge in [-0.05, 0) is 115 Å². The maximum Gasteiger partial charge on any atom is 0.0645 e. The summed E-state index contributed by atoms with van der Waals surface area (Å²) in [6.45, 7) is 0. The van der Waals surface area contributed by atoms with E-state index in [1.54, 1.807) is 36.4 Å². The molecule has 9 aromatic rings. The molecule has 0 heterocycles. The molecule has 0 amide bonds. The van der Waals surface area contributed by atoms with E-state index in [1.807, 2.05) is 78.9 Å². The Labute approximate surface area is 330 Å². The molecule has 1 heteroatoms. The highest BCUT2D eigenvalue weighted by Crippen LogP contribution is 2.38. The van der Waals surface area contributed by atoms with Gasteiger partial charge in [0.2, 0.25) is 0 Å². The molecule has 0 fully saturated rings. The monoisotopic (exact) mass is 688 g/mol. The van der Waals surface area contributed by atoms with E-state index in [2.05, 4.69) is 30.3 Å². The van der Waals surface area contributed by atoms with Gasteiger partial charge in [-0.1, -0.05) is 176 Å². The molecule has 0 aliphatic rings. The Morgan fingerprint density at radius 2 is 0.698 bits per heavy atom. The molecule has 0 saturated carbocycles. The summed E-state index contributed by atoms with van der Waals surface area (Å²) >= 11 is 0. The predicted octanol–water partition coefficient (Wildman–Crippen LogP) is 14.6. The summed E-state index contributed by atoms with van der Waals surface area (Å²) < 4.78 is 116. The molecule has 9 aromatic carbocycles. The van der Waals surface area contributed by atoms with E-state index < -0.39 is 95.4 Å². The van der Waals surface area contributed by atoms with Crippen molar-refractivity contribution in [3.05, 3.63) is 224 Å². The van der Waals surface area contributed by atoms with Crippen molar-refractivity contribution >= 4 is 27.8 Å². The summed E-state index contributed by atoms with van der Waals surface area (Å²) in [5.41, 5.74) is 4.26. The molecule has 9 rings (SSSR count). The number of hydrogen-bond acceptors (Lipinski definition) is 1. The van der Waals surface area contributed by atoms with Crippen molar-refractivity contribution < 1.29 is 17.8 Å². The number of nitrogens with zero attached hydrogens (tertiary/aromatic N) is 1. The van der Waals surface area contributed by atoms with Crippen LogP contribution < -0.4 is 4.90 Å². The van der Waals surface area contributed by atoms with Crippen molar-refractivity contribution in [2.75, 3.05) is 4.90 Å². The zero-order valence-electron chi connectivity index (χ0n) is 41.3. The van der Waals surface area contributed by atoms with Crippen LogP contribution >= 0.6 is 0 Å². The Bertz CT molecular complexity index is 3300. The third-order valence-corrected chi connectivity index (χ3v) is 9.11. The fraction of sp³-hybridized carbons (Fsp3) is 0. The summed E-state index contributed by atoms with van der Waals surface area (Å²) in [7, 11) is 0. The molecule has 1 nitrogen and oxygen atoms in total. The van der Waals surface area contributed by atoms with Crippen LogP contribution in [0.4, 0.5) is 17.1 Å². The fourth-order valence-electron chi connectivity index (χ4n) is 6.36. The average Bonchev–Trinajstić information content (AvgIpc) is 3.35. The molecule has 0 atom stereocenters. The van der Waals surface area contributed by atoms with Crippen LogP contribution in [-0.4, -0.2) is 0 Å². The minimum Gasteiger partial charge on any atom is -0.311 e. The van der Waals surface area contributed by atoms with E-state index in [1.165, 1.54) is 4.90 Å². The predicted molar refractivity (Wildman–Crippen MR) is 226 cm³/mol. The lowest BCUT2D eigenvalue weighted by atomic mass is 9.97. The second-order valence-corrected chi connectivity index (χ2v) is 12.4. The minimum absolute atomic E-state index is 0.0195. The first-order chi connectivity index (χ1) is 31.7. The Morgan fingerprint density at radius 1 is 0.264 bits per heavy atom. The first-order valence-electron chi connectivity index (χ1n) is 23.6. The van der Waals surface area contributed by atoms with Crippen LogP contribution in [0.3, 0.4) is 0 Å². The zero-order valence-corrected chi connectivity index (χ0v) is 28.3. The van der Waals surface area contributed by atoms with Gasteiger partial charge in [-0.2, -0.15) is 0 Å². The standard InChI is InChI=1S/C52H37N/c1-3-10-38(11-4-1)41-18-20-42(21-19-41)44-26-32-51(33-27-44)53(50-30-24-43(25-31-50)39-12-5-2-6-13-39)52-34-28-45(29-35-52)47-16-9-17-48(36-47)49-23-22-40-14-7-8-15-46(40)37-49/h1-37H/i2D,5D,6D,12D,13D,24D,25D,26D,27D,30D,31D,32D,33D. The van der Waals surface area contributed by atoms with Gasteiger partial charge >= 0.3 is 0 Å². The lowest BCUT2D eigenvalue weighted by molar-refractivity contribution is 1.28. The maximum absolute atomic E-state index is 9.45. The highest BCUT2D eigenvalue weighted by molar-refractivity contribution is 5.88. The van der Waals surface area contributed by atoms with Gasteiger partial charge in [0.15, 0.2) is 0 Å². The van der Waals surface area contributed by atoms with E-state index in [9.17, 15) is 11.0 Å². The Kier molecular flexibility index (Phi) is 5.62. The van der Waals surface area contributed by atoms with Crippen molar-refractivity contribution in [1.82, 2.24) is 0 Å². The van der Waals surface area contributed by atoms with E-state index in [4.69, 9.17) is 6.85 Å². The molecule has 53 heavy (non-hydrogen) atoms. The van der Waals surface area contributed by atoms with Crippen LogP contribution in [0.5, 0.6) is 0 Å². The first kappa shape index (κ1) is 20.8. The van der Waals surface area contributed by atoms with Crippen LogP contribution in [-0.2, 0) is 0 Å². The van der Waals surface area contributed by atoms with Crippen LogP contribution in [0.1, 0.15) is 17.8 Å². The molecule has 0 aliphatic carbocycles. The molecule has 250 valence electrons. The van der Waals surface area contributed by atoms with Gasteiger partial charge in [-0.15, -0.1) is 0 Å². The van der Waals surface area contributed by atoms with Crippen LogP contribution in [0.15, 0.2) is 224 Å². The summed E-state index contributed by atoms with van der Waals surface area (Å²) in [5.74, 6) is 0. The molecule has 0 spiro atoms. The summed E-state index contributed by atoms with van der Waals surface area (Å²) in [5, 5.41) is 2.22. The largest absolute Gasteiger partial charge is 0.311 e. The topological polar surface area (TPSA) is 3.24 Å². The van der Waals surface area contributed by atoms with Crippen molar-refractivity contribution in [2.45, 2.75) is 0 Å². The SMILES string of the molecule is [2H]c1c([2H])c([2H])c(-c2c([2H])c([2H])c(N(c3ccc(-c4cccc(-c5ccc6ccccc6c5)c4)cc3)c3c([2H])c([2H])c(-c4ccc(-c5ccccc5)cc4)c([2H])c3[2H])c([2H])c2[2H])c([2H])c1[2H]. The van der Waals surface area contributed by atoms with Crippen molar-refractivity contribution in [3.63, 3.8) is 0 Å². The minimum atomic E-state index is -0.734. The molecule has 0 bridgehead atoms. The molecule has 0 radical (unpaired) electrons. The quantitative estimate of drug-likeness (QED) is 0.154. The molecule has 0 N–H and O–H groups in total. The van der Waals surface area contributed by atoms with E-state index >= 15 is 0 Å². The van der Waals surface area contributed by atoms with E-state index in [0.29, 0.717) is 5.56 Å². The van der Waals surface area contributed by atoms with Gasteiger partial charge in [-0.25, -0.2) is 0 Å². The second-order valence-electron chi connectivity index (χ2n) is 12.4. The number of hydrogen-bond donors (Lipinski definition) is 0. The van der Waals surface area contributed by atoms with Gasteiger partial charge in [0.25, 0.3) is 0 Å². The van der Waals surface area contributed by atoms with Crippen LogP contribution in [0.2, 0.25) is 0 Å². The number of rotatable bonds is 8. The highest BCUT2D eigenvalue weighted by Gasteiger charge is 2.14. The third kappa shape index (κ3) is 6.77. The first-order valence-corrected chi connectivity index (χ1v) is 17.1. The Morgan fingerprint density at radius 3 is 1.36 bits per heavy atom. The number of benzene rings is 9. The lowest BCUT2D eigenvalue weighted by Gasteiger charge is -2.26. The summed E-state index contributed by atoms with van der Waals surface area (Å²) in [4.78, 5) is 1.17. The summed E-state index contributed by atoms with van der Waals surface area (Å²) in [6, 6.07) is 37.6. The molecule has 0 aliphatic heterocycles. The highest BCUT2D eigenvalue weighted by atomic mass is 15.1. The fourth-order valence-corrected chi connectivity index (χ4v) is 6.36. The van der Waals surface area contributed by atoms with Gasteiger partial charge < -0.3 is 4.90 Å². The van der Waals surface area contributed by atoms with Crippen molar-refractivity contribution in [3.8, 4) is 55.6 Å².